The number of aromatic hydroxyl groups is 39. The van der Waals surface area contributed by atoms with E-state index in [2.05, 4.69) is 0 Å². The van der Waals surface area contributed by atoms with Crippen LogP contribution in [0.4, 0.5) is 0 Å². The summed E-state index contributed by atoms with van der Waals surface area (Å²) in [6.07, 6.45) is 0. The van der Waals surface area contributed by atoms with E-state index in [9.17, 15) is 177 Å². The lowest BCUT2D eigenvalue weighted by Crippen LogP contribution is -2.02. The van der Waals surface area contributed by atoms with Crippen molar-refractivity contribution in [3.05, 3.63) is 266 Å². The van der Waals surface area contributed by atoms with E-state index >= 15 is 0 Å². The Bertz CT molecular complexity index is 6720. The van der Waals surface area contributed by atoms with Crippen molar-refractivity contribution in [3.8, 4) is 224 Å². The zero-order valence-electron chi connectivity index (χ0n) is 68.2. The predicted molar refractivity (Wildman–Crippen MR) is 459 cm³/mol. The van der Waals surface area contributed by atoms with Gasteiger partial charge in [0.1, 0.15) is 17.2 Å². The Kier molecular flexibility index (Phi) is 30.6. The second kappa shape index (κ2) is 41.4. The summed E-state index contributed by atoms with van der Waals surface area (Å²) in [7, 11) is 0. The van der Waals surface area contributed by atoms with Crippen molar-refractivity contribution in [3.63, 3.8) is 0 Å². The van der Waals surface area contributed by atoms with Crippen LogP contribution in [0.15, 0.2) is 188 Å². The van der Waals surface area contributed by atoms with Gasteiger partial charge in [-0.25, -0.2) is 0 Å². The van der Waals surface area contributed by atoms with Gasteiger partial charge in [0.25, 0.3) is 0 Å². The molecule has 46 heteroatoms. The highest BCUT2D eigenvalue weighted by atomic mass is 16.4. The maximum atomic E-state index is 12.1. The summed E-state index contributed by atoms with van der Waals surface area (Å²) in [4.78, 5) is 84.5. The van der Waals surface area contributed by atoms with E-state index in [1.165, 1.54) is 36.4 Å². The van der Waals surface area contributed by atoms with Gasteiger partial charge < -0.3 is 199 Å². The molecule has 0 radical (unpaired) electrons. The number of phenolic OH excluding ortho intramolecular Hbond substituents is 39. The van der Waals surface area contributed by atoms with Gasteiger partial charge in [-0.15, -0.1) is 0 Å². The van der Waals surface area contributed by atoms with E-state index in [1.54, 1.807) is 0 Å². The van der Waals surface area contributed by atoms with Crippen molar-refractivity contribution in [1.82, 2.24) is 0 Å². The first kappa shape index (κ1) is 101. The van der Waals surface area contributed by atoms with Gasteiger partial charge >= 0.3 is 0 Å². The fourth-order valence-electron chi connectivity index (χ4n) is 11.3. The third kappa shape index (κ3) is 22.6. The van der Waals surface area contributed by atoms with Gasteiger partial charge in [-0.3, -0.25) is 33.6 Å². The first-order valence-corrected chi connectivity index (χ1v) is 37.1. The lowest BCUT2D eigenvalue weighted by Gasteiger charge is -2.09. The standard InChI is InChI=1S/5C13H10O7.C13H10O6.C13H10O5/c14-7-3-11(18)9(16)1-5(7)13(20)6-2-10(17)12(19)4-8(6)15;14-7-1-5(2-8(15)12(7)19)11(18)6-3-9(16)13(20)10(17)4-6;14-7-3-1-5(10(17)12(7)19)9(16)6-2-4-8(15)13(20)11(6)18;14-7-2-1-5(12(19)13(7)20)11(18)6-3-9(16)10(17)4-8(6)15;14-7-2-1-5(3-8(7)15)10(17)6-4-9(16)12(19)13(20)11(6)18;14-8-3-1-6(5-10(8)16)11(17)7-2-4-9(15)13(19)12(7)18;14-9-3-1-7(5-11(9)16)13(18)8-2-4-10(15)12(17)6-8/h1-4,14-19H;1-4,14-17,19-20H;1-4,14-15,17-20H;1-4,14-17,19-20H;1-4,14-16,18-20H;1-5,14-16,18-19H;1-6,14-17H. The van der Waals surface area contributed by atoms with Crippen LogP contribution in [0.3, 0.4) is 0 Å². The highest BCUT2D eigenvalue weighted by Gasteiger charge is 2.30. The van der Waals surface area contributed by atoms with Crippen LogP contribution in [0.1, 0.15) is 111 Å². The van der Waals surface area contributed by atoms with Gasteiger partial charge in [0, 0.05) is 51.6 Å². The number of rotatable bonds is 14. The summed E-state index contributed by atoms with van der Waals surface area (Å²) in [5.74, 6) is -31.4. The van der Waals surface area contributed by atoms with Crippen LogP contribution < -0.4 is 0 Å². The summed E-state index contributed by atoms with van der Waals surface area (Å²) >= 11 is 0. The summed E-state index contributed by atoms with van der Waals surface area (Å²) < 4.78 is 0. The van der Waals surface area contributed by atoms with Crippen LogP contribution in [-0.2, 0) is 0 Å². The van der Waals surface area contributed by atoms with Crippen LogP contribution in [0.5, 0.6) is 224 Å². The SMILES string of the molecule is O=C(c1cc(O)c(O)c(O)c1)c1cc(O)c(O)c(O)c1.O=C(c1cc(O)c(O)cc1O)c1cc(O)c(O)cc1O.O=C(c1cc(O)c(O)cc1O)c1ccc(O)c(O)c1O.O=C(c1ccc(O)c(O)c1)c1cc(O)c(O)c(O)c1O.O=C(c1ccc(O)c(O)c1)c1ccc(O)c(O)c1.O=C(c1ccc(O)c(O)c1)c1ccc(O)c(O)c1O.O=C(c1ccc(O)c(O)c1O)c1ccc(O)c(O)c1O. The maximum absolute atomic E-state index is 12.1. The van der Waals surface area contributed by atoms with E-state index in [1.807, 2.05) is 0 Å². The quantitative estimate of drug-likeness (QED) is 0.0274. The first-order chi connectivity index (χ1) is 64.0. The van der Waals surface area contributed by atoms with Crippen LogP contribution >= 0.6 is 0 Å². The fraction of sp³-hybridized carbons (Fsp3) is 0. The lowest BCUT2D eigenvalue weighted by atomic mass is 10.0. The van der Waals surface area contributed by atoms with Crippen LogP contribution in [0.2, 0.25) is 0 Å². The first-order valence-electron chi connectivity index (χ1n) is 37.1. The Morgan fingerprint density at radius 3 is 0.533 bits per heavy atom. The van der Waals surface area contributed by atoms with E-state index in [-0.39, 0.29) is 89.6 Å². The monoisotopic (exact) mass is 1900 g/mol. The van der Waals surface area contributed by atoms with Gasteiger partial charge in [0.15, 0.2) is 196 Å². The smallest absolute Gasteiger partial charge is 0.205 e. The average molecular weight is 1900 g/mol. The second-order valence-corrected chi connectivity index (χ2v) is 27.7. The minimum atomic E-state index is -1.03. The van der Waals surface area contributed by atoms with E-state index in [0.29, 0.717) is 0 Å². The molecule has 0 unspecified atom stereocenters. The number of ketones is 7. The normalized spacial score (nSPS) is 10.4. The van der Waals surface area contributed by atoms with Crippen molar-refractivity contribution < 1.29 is 233 Å². The molecule has 137 heavy (non-hydrogen) atoms. The summed E-state index contributed by atoms with van der Waals surface area (Å²) in [6.45, 7) is 0. The van der Waals surface area contributed by atoms with Gasteiger partial charge in [0.2, 0.25) is 51.8 Å². The molecule has 39 N–H and O–H groups in total. The number of phenols is 39. The number of hydrogen-bond donors (Lipinski definition) is 39. The molecular weight excluding hydrogens is 1830 g/mol. The van der Waals surface area contributed by atoms with Crippen LogP contribution in [0.25, 0.3) is 0 Å². The van der Waals surface area contributed by atoms with Gasteiger partial charge in [-0.05, 0) is 170 Å². The third-order valence-electron chi connectivity index (χ3n) is 18.6. The number of benzene rings is 14. The third-order valence-corrected chi connectivity index (χ3v) is 18.6. The summed E-state index contributed by atoms with van der Waals surface area (Å²) in [5.41, 5.74) is -3.15. The molecule has 0 aliphatic carbocycles. The summed E-state index contributed by atoms with van der Waals surface area (Å²) in [5, 5.41) is 364. The molecule has 0 atom stereocenters. The minimum absolute atomic E-state index is 0.00990. The fourth-order valence-corrected chi connectivity index (χ4v) is 11.3. The molecule has 0 aliphatic rings. The van der Waals surface area contributed by atoms with E-state index in [4.69, 9.17) is 56.2 Å². The molecule has 710 valence electrons. The molecule has 0 amide bonds. The molecule has 0 bridgehead atoms. The largest absolute Gasteiger partial charge is 0.507 e. The van der Waals surface area contributed by atoms with Crippen molar-refractivity contribution in [2.24, 2.45) is 0 Å². The maximum Gasteiger partial charge on any atom is 0.205 e. The van der Waals surface area contributed by atoms with Crippen molar-refractivity contribution in [1.29, 1.82) is 0 Å². The molecule has 0 heterocycles. The Morgan fingerprint density at radius 1 is 0.102 bits per heavy atom. The minimum Gasteiger partial charge on any atom is -0.507 e. The van der Waals surface area contributed by atoms with Crippen molar-refractivity contribution in [2.45, 2.75) is 0 Å². The Hall–Kier alpha value is -21.0. The number of carbonyl (C=O) groups excluding carboxylic acids is 7. The van der Waals surface area contributed by atoms with E-state index < -0.39 is 253 Å². The zero-order chi connectivity index (χ0) is 103. The molecule has 0 aliphatic heterocycles. The van der Waals surface area contributed by atoms with E-state index in [0.717, 1.165) is 152 Å². The molecule has 14 rings (SSSR count). The Balaban J connectivity index is 0.000000196. The average Bonchev–Trinajstić information content (AvgIpc) is 1.06. The molecule has 0 saturated carbocycles. The van der Waals surface area contributed by atoms with Gasteiger partial charge in [-0.1, -0.05) is 0 Å². The summed E-state index contributed by atoms with van der Waals surface area (Å²) in [6, 6.07) is 31.4. The molecule has 0 fully saturated rings. The lowest BCUT2D eigenvalue weighted by molar-refractivity contribution is 0.102. The molecule has 0 saturated heterocycles. The molecule has 0 spiro atoms. The second-order valence-electron chi connectivity index (χ2n) is 27.7. The van der Waals surface area contributed by atoms with Crippen molar-refractivity contribution >= 4 is 40.5 Å². The van der Waals surface area contributed by atoms with Gasteiger partial charge in [0.05, 0.1) is 44.5 Å². The number of hydrogen-bond acceptors (Lipinski definition) is 46. The topological polar surface area (TPSA) is 908 Å². The Labute approximate surface area is 760 Å². The Morgan fingerprint density at radius 2 is 0.270 bits per heavy atom. The predicted octanol–water partition coefficient (Wildman–Crippen LogP) is 8.94. The van der Waals surface area contributed by atoms with Crippen LogP contribution in [-0.4, -0.2) is 240 Å². The molecule has 0 aromatic heterocycles. The highest BCUT2D eigenvalue weighted by Crippen LogP contribution is 2.49. The molecule has 14 aromatic carbocycles. The molecule has 14 aromatic rings. The highest BCUT2D eigenvalue weighted by molar-refractivity contribution is 6.17. The number of carbonyl (C=O) groups is 7. The van der Waals surface area contributed by atoms with Gasteiger partial charge in [-0.2, -0.15) is 0 Å². The molecule has 46 nitrogen and oxygen atoms in total. The van der Waals surface area contributed by atoms with Crippen LogP contribution in [0, 0.1) is 0 Å². The van der Waals surface area contributed by atoms with Crippen molar-refractivity contribution in [2.75, 3.05) is 0 Å². The zero-order valence-corrected chi connectivity index (χ0v) is 68.2. The molecular formula is C91H70O46.